The molecule has 0 aromatic carbocycles. The maximum absolute atomic E-state index is 11.0. The summed E-state index contributed by atoms with van der Waals surface area (Å²) in [4.78, 5) is 15.7. The molecule has 0 amide bonds. The van der Waals surface area contributed by atoms with Crippen LogP contribution < -0.4 is 0 Å². The number of aryl methyl sites for hydroxylation is 1. The first-order chi connectivity index (χ1) is 8.97. The van der Waals surface area contributed by atoms with Gasteiger partial charge in [-0.05, 0) is 39.9 Å². The van der Waals surface area contributed by atoms with Gasteiger partial charge >= 0.3 is 5.97 Å². The van der Waals surface area contributed by atoms with Crippen LogP contribution in [0.1, 0.15) is 35.2 Å². The molecule has 1 aromatic heterocycles. The van der Waals surface area contributed by atoms with Crippen LogP contribution in [0.3, 0.4) is 0 Å². The number of carboxylic acids is 1. The van der Waals surface area contributed by atoms with Crippen LogP contribution in [0.25, 0.3) is 0 Å². The normalized spacial score (nSPS) is 22.4. The third kappa shape index (κ3) is 3.36. The van der Waals surface area contributed by atoms with Crippen molar-refractivity contribution in [3.63, 3.8) is 0 Å². The lowest BCUT2D eigenvalue weighted by Gasteiger charge is -2.26. The van der Waals surface area contributed by atoms with E-state index in [-0.39, 0.29) is 5.56 Å². The number of likely N-dealkylation sites (N-methyl/N-ethyl adjacent to an activating group) is 1. The van der Waals surface area contributed by atoms with E-state index in [0.717, 1.165) is 31.8 Å². The van der Waals surface area contributed by atoms with Crippen LogP contribution in [0.15, 0.2) is 10.5 Å². The van der Waals surface area contributed by atoms with E-state index in [4.69, 9.17) is 9.52 Å². The van der Waals surface area contributed by atoms with Crippen molar-refractivity contribution in [1.29, 1.82) is 0 Å². The molecule has 2 heterocycles. The van der Waals surface area contributed by atoms with Crippen LogP contribution in [0, 0.1) is 6.92 Å². The van der Waals surface area contributed by atoms with Crippen LogP contribution in [0.2, 0.25) is 0 Å². The molecule has 0 saturated carbocycles. The molecule has 0 radical (unpaired) electrons. The summed E-state index contributed by atoms with van der Waals surface area (Å²) in [5.74, 6) is 0.310. The molecule has 1 atom stereocenters. The van der Waals surface area contributed by atoms with Crippen LogP contribution in [0.4, 0.5) is 0 Å². The fourth-order valence-electron chi connectivity index (χ4n) is 2.69. The summed E-state index contributed by atoms with van der Waals surface area (Å²) < 4.78 is 5.56. The van der Waals surface area contributed by atoms with Crippen LogP contribution in [-0.4, -0.2) is 53.6 Å². The quantitative estimate of drug-likeness (QED) is 0.904. The number of carbonyl (C=O) groups is 1. The van der Waals surface area contributed by atoms with Gasteiger partial charge in [0.05, 0.1) is 6.54 Å². The van der Waals surface area contributed by atoms with Gasteiger partial charge in [0.15, 0.2) is 0 Å². The molecule has 5 nitrogen and oxygen atoms in total. The van der Waals surface area contributed by atoms with E-state index in [1.807, 2.05) is 0 Å². The first-order valence-corrected chi connectivity index (χ1v) is 6.72. The summed E-state index contributed by atoms with van der Waals surface area (Å²) in [6.45, 7) is 7.75. The second-order valence-electron chi connectivity index (χ2n) is 5.42. The molecule has 1 aliphatic rings. The van der Waals surface area contributed by atoms with Crippen molar-refractivity contribution in [1.82, 2.24) is 9.80 Å². The van der Waals surface area contributed by atoms with Crippen molar-refractivity contribution < 1.29 is 14.3 Å². The number of furan rings is 1. The van der Waals surface area contributed by atoms with Crippen molar-refractivity contribution in [2.45, 2.75) is 32.9 Å². The molecule has 0 spiro atoms. The van der Waals surface area contributed by atoms with E-state index in [1.165, 1.54) is 0 Å². The first-order valence-electron chi connectivity index (χ1n) is 6.72. The number of rotatable bonds is 3. The number of nitrogens with zero attached hydrogens (tertiary/aromatic N) is 2. The lowest BCUT2D eigenvalue weighted by Crippen LogP contribution is -2.37. The highest BCUT2D eigenvalue weighted by molar-refractivity contribution is 5.88. The van der Waals surface area contributed by atoms with Gasteiger partial charge in [0.25, 0.3) is 0 Å². The van der Waals surface area contributed by atoms with E-state index in [2.05, 4.69) is 23.8 Å². The lowest BCUT2D eigenvalue weighted by molar-refractivity contribution is 0.0695. The largest absolute Gasteiger partial charge is 0.478 e. The Labute approximate surface area is 113 Å². The Morgan fingerprint density at radius 1 is 1.53 bits per heavy atom. The highest BCUT2D eigenvalue weighted by Crippen LogP contribution is 2.19. The van der Waals surface area contributed by atoms with Crippen LogP contribution >= 0.6 is 0 Å². The van der Waals surface area contributed by atoms with Crippen molar-refractivity contribution in [3.8, 4) is 0 Å². The maximum atomic E-state index is 11.0. The third-order valence-electron chi connectivity index (χ3n) is 3.74. The molecule has 5 heteroatoms. The third-order valence-corrected chi connectivity index (χ3v) is 3.74. The number of aromatic carboxylic acids is 1. The van der Waals surface area contributed by atoms with Gasteiger partial charge in [0, 0.05) is 19.1 Å². The van der Waals surface area contributed by atoms with E-state index >= 15 is 0 Å². The van der Waals surface area contributed by atoms with Gasteiger partial charge in [0.2, 0.25) is 0 Å². The fourth-order valence-corrected chi connectivity index (χ4v) is 2.69. The smallest absolute Gasteiger partial charge is 0.339 e. The van der Waals surface area contributed by atoms with Crippen molar-refractivity contribution in [3.05, 3.63) is 23.2 Å². The van der Waals surface area contributed by atoms with Gasteiger partial charge in [-0.25, -0.2) is 4.79 Å². The Bertz CT molecular complexity index is 456. The van der Waals surface area contributed by atoms with E-state index in [1.54, 1.807) is 13.0 Å². The Morgan fingerprint density at radius 2 is 2.26 bits per heavy atom. The van der Waals surface area contributed by atoms with E-state index in [9.17, 15) is 4.79 Å². The summed E-state index contributed by atoms with van der Waals surface area (Å²) in [7, 11) is 2.14. The molecule has 1 saturated heterocycles. The number of carboxylic acid groups (broad SMARTS) is 1. The predicted molar refractivity (Wildman–Crippen MR) is 72.4 cm³/mol. The predicted octanol–water partition coefficient (Wildman–Crippen LogP) is 1.81. The average Bonchev–Trinajstić information content (AvgIpc) is 2.60. The minimum atomic E-state index is -0.920. The van der Waals surface area contributed by atoms with E-state index < -0.39 is 5.97 Å². The highest BCUT2D eigenvalue weighted by Gasteiger charge is 2.22. The molecular formula is C14H22N2O3. The second-order valence-corrected chi connectivity index (χ2v) is 5.42. The first kappa shape index (κ1) is 14.1. The van der Waals surface area contributed by atoms with Crippen molar-refractivity contribution in [2.24, 2.45) is 0 Å². The molecule has 1 fully saturated rings. The minimum absolute atomic E-state index is 0.273. The Hall–Kier alpha value is -1.33. The summed E-state index contributed by atoms with van der Waals surface area (Å²) in [5, 5.41) is 9.04. The molecule has 0 aliphatic carbocycles. The average molecular weight is 266 g/mol. The summed E-state index contributed by atoms with van der Waals surface area (Å²) in [6.07, 6.45) is 1.13. The molecule has 1 aliphatic heterocycles. The Kier molecular flexibility index (Phi) is 4.27. The standard InChI is InChI=1S/C14H22N2O3/c1-10-8-15(3)5-4-6-16(10)9-12-7-13(14(17)18)11(2)19-12/h7,10H,4-6,8-9H2,1-3H3,(H,17,18). The molecule has 106 valence electrons. The second kappa shape index (κ2) is 5.75. The van der Waals surface area contributed by atoms with Gasteiger partial charge < -0.3 is 14.4 Å². The zero-order valence-electron chi connectivity index (χ0n) is 11.8. The van der Waals surface area contributed by atoms with Gasteiger partial charge in [-0.15, -0.1) is 0 Å². The molecular weight excluding hydrogens is 244 g/mol. The molecule has 1 aromatic rings. The lowest BCUT2D eigenvalue weighted by atomic mass is 10.2. The molecule has 19 heavy (non-hydrogen) atoms. The summed E-state index contributed by atoms with van der Waals surface area (Å²) >= 11 is 0. The Morgan fingerprint density at radius 3 is 2.89 bits per heavy atom. The summed E-state index contributed by atoms with van der Waals surface area (Å²) in [6, 6.07) is 2.10. The SMILES string of the molecule is Cc1oc(CN2CCCN(C)CC2C)cc1C(=O)O. The van der Waals surface area contributed by atoms with Gasteiger partial charge in [-0.2, -0.15) is 0 Å². The number of hydrogen-bond acceptors (Lipinski definition) is 4. The highest BCUT2D eigenvalue weighted by atomic mass is 16.4. The zero-order valence-corrected chi connectivity index (χ0v) is 11.8. The van der Waals surface area contributed by atoms with Crippen molar-refractivity contribution >= 4 is 5.97 Å². The van der Waals surface area contributed by atoms with Gasteiger partial charge in [-0.3, -0.25) is 4.90 Å². The fraction of sp³-hybridized carbons (Fsp3) is 0.643. The molecule has 2 rings (SSSR count). The topological polar surface area (TPSA) is 56.9 Å². The van der Waals surface area contributed by atoms with Crippen molar-refractivity contribution in [2.75, 3.05) is 26.7 Å². The minimum Gasteiger partial charge on any atom is -0.478 e. The van der Waals surface area contributed by atoms with Crippen LogP contribution in [0.5, 0.6) is 0 Å². The van der Waals surface area contributed by atoms with Gasteiger partial charge in [-0.1, -0.05) is 0 Å². The number of hydrogen-bond donors (Lipinski definition) is 1. The van der Waals surface area contributed by atoms with E-state index in [0.29, 0.717) is 18.3 Å². The zero-order chi connectivity index (χ0) is 14.0. The molecule has 0 bridgehead atoms. The van der Waals surface area contributed by atoms with Gasteiger partial charge in [0.1, 0.15) is 17.1 Å². The molecule has 1 unspecified atom stereocenters. The summed E-state index contributed by atoms with van der Waals surface area (Å²) in [5.41, 5.74) is 0.273. The maximum Gasteiger partial charge on any atom is 0.339 e. The molecule has 1 N–H and O–H groups in total. The monoisotopic (exact) mass is 266 g/mol. The Balaban J connectivity index is 2.07. The van der Waals surface area contributed by atoms with Crippen LogP contribution in [-0.2, 0) is 6.54 Å².